The molecule has 0 aromatic rings. The van der Waals surface area contributed by atoms with E-state index in [9.17, 15) is 0 Å². The van der Waals surface area contributed by atoms with Gasteiger partial charge in [0.05, 0.1) is 0 Å². The third-order valence-electron chi connectivity index (χ3n) is 3.74. The van der Waals surface area contributed by atoms with Gasteiger partial charge in [0.25, 0.3) is 0 Å². The maximum atomic E-state index is 4.11. The Kier molecular flexibility index (Phi) is 7.06. The van der Waals surface area contributed by atoms with Crippen molar-refractivity contribution in [3.63, 3.8) is 0 Å². The van der Waals surface area contributed by atoms with Crippen LogP contribution in [0.25, 0.3) is 0 Å². The van der Waals surface area contributed by atoms with Gasteiger partial charge < -0.3 is 9.80 Å². The number of unbranched alkanes of at least 4 members (excludes halogenated alkanes) is 2. The summed E-state index contributed by atoms with van der Waals surface area (Å²) in [6, 6.07) is 0. The lowest BCUT2D eigenvalue weighted by molar-refractivity contribution is 0.133. The molecule has 95 valence electrons. The molecule has 0 saturated carbocycles. The number of hydrogen-bond acceptors (Lipinski definition) is 2. The molecule has 1 radical (unpaired) electrons. The Hall–Kier alpha value is -0.0800. The molecular weight excluding hydrogens is 196 g/mol. The van der Waals surface area contributed by atoms with Gasteiger partial charge in [0.15, 0.2) is 0 Å². The van der Waals surface area contributed by atoms with Crippen LogP contribution in [0.3, 0.4) is 0 Å². The second-order valence-electron chi connectivity index (χ2n) is 5.25. The highest BCUT2D eigenvalue weighted by molar-refractivity contribution is 4.73. The number of rotatable bonds is 7. The Morgan fingerprint density at radius 1 is 1.12 bits per heavy atom. The second kappa shape index (κ2) is 8.08. The van der Waals surface area contributed by atoms with E-state index < -0.39 is 0 Å². The summed E-state index contributed by atoms with van der Waals surface area (Å²) in [4.78, 5) is 5.05. The van der Waals surface area contributed by atoms with Crippen LogP contribution in [-0.2, 0) is 0 Å². The van der Waals surface area contributed by atoms with Crippen molar-refractivity contribution in [1.82, 2.24) is 9.80 Å². The van der Waals surface area contributed by atoms with Crippen LogP contribution < -0.4 is 0 Å². The van der Waals surface area contributed by atoms with Gasteiger partial charge in [-0.2, -0.15) is 0 Å². The molecule has 0 bridgehead atoms. The molecule has 1 aliphatic rings. The monoisotopic (exact) mass is 225 g/mol. The van der Waals surface area contributed by atoms with E-state index in [1.807, 2.05) is 0 Å². The number of piperazine rings is 1. The first-order valence-corrected chi connectivity index (χ1v) is 6.96. The fraction of sp³-hybridized carbons (Fsp3) is 0.929. The molecule has 1 aliphatic heterocycles. The van der Waals surface area contributed by atoms with E-state index in [4.69, 9.17) is 0 Å². The molecule has 1 rings (SSSR count). The van der Waals surface area contributed by atoms with Gasteiger partial charge >= 0.3 is 0 Å². The first-order valence-electron chi connectivity index (χ1n) is 6.96. The van der Waals surface area contributed by atoms with E-state index in [-0.39, 0.29) is 0 Å². The van der Waals surface area contributed by atoms with Crippen LogP contribution in [0.15, 0.2) is 0 Å². The number of nitrogens with zero attached hydrogens (tertiary/aromatic N) is 2. The molecular formula is C14H29N2. The third-order valence-corrected chi connectivity index (χ3v) is 3.74. The van der Waals surface area contributed by atoms with Crippen LogP contribution in [0.4, 0.5) is 0 Å². The minimum Gasteiger partial charge on any atom is -0.304 e. The van der Waals surface area contributed by atoms with Crippen LogP contribution in [-0.4, -0.2) is 49.6 Å². The molecule has 16 heavy (non-hydrogen) atoms. The summed E-state index contributed by atoms with van der Waals surface area (Å²) < 4.78 is 0. The molecule has 1 heterocycles. The van der Waals surface area contributed by atoms with Gasteiger partial charge in [-0.05, 0) is 25.8 Å². The van der Waals surface area contributed by atoms with Crippen molar-refractivity contribution in [1.29, 1.82) is 0 Å². The van der Waals surface area contributed by atoms with E-state index in [2.05, 4.69) is 30.7 Å². The van der Waals surface area contributed by atoms with Crippen molar-refractivity contribution in [3.05, 3.63) is 6.92 Å². The van der Waals surface area contributed by atoms with Gasteiger partial charge in [-0.15, -0.1) is 0 Å². The molecule has 0 spiro atoms. The fourth-order valence-electron chi connectivity index (χ4n) is 2.41. The van der Waals surface area contributed by atoms with Crippen molar-refractivity contribution in [3.8, 4) is 0 Å². The summed E-state index contributed by atoms with van der Waals surface area (Å²) in [6.07, 6.45) is 6.60. The lowest BCUT2D eigenvalue weighted by Gasteiger charge is -2.34. The number of likely N-dealkylation sites (N-methyl/N-ethyl adjacent to an activating group) is 1. The molecule has 1 saturated heterocycles. The maximum absolute atomic E-state index is 4.11. The average Bonchev–Trinajstić information content (AvgIpc) is 2.31. The van der Waals surface area contributed by atoms with Crippen LogP contribution in [0.1, 0.15) is 39.0 Å². The Labute approximate surface area is 102 Å². The molecule has 0 aromatic carbocycles. The largest absolute Gasteiger partial charge is 0.304 e. The van der Waals surface area contributed by atoms with E-state index >= 15 is 0 Å². The first kappa shape index (κ1) is 14.0. The molecule has 1 unspecified atom stereocenters. The van der Waals surface area contributed by atoms with Crippen LogP contribution in [0, 0.1) is 12.8 Å². The molecule has 2 heteroatoms. The van der Waals surface area contributed by atoms with Crippen LogP contribution >= 0.6 is 0 Å². The summed E-state index contributed by atoms with van der Waals surface area (Å²) in [6.45, 7) is 12.6. The minimum absolute atomic E-state index is 0.829. The van der Waals surface area contributed by atoms with Crippen molar-refractivity contribution in [2.75, 3.05) is 39.8 Å². The topological polar surface area (TPSA) is 6.48 Å². The van der Waals surface area contributed by atoms with E-state index in [1.54, 1.807) is 0 Å². The average molecular weight is 225 g/mol. The lowest BCUT2D eigenvalue weighted by Crippen LogP contribution is -2.46. The van der Waals surface area contributed by atoms with Gasteiger partial charge in [0.2, 0.25) is 0 Å². The summed E-state index contributed by atoms with van der Waals surface area (Å²) in [5.74, 6) is 0.829. The van der Waals surface area contributed by atoms with Crippen molar-refractivity contribution in [2.24, 2.45) is 5.92 Å². The predicted molar refractivity (Wildman–Crippen MR) is 71.5 cm³/mol. The molecule has 0 amide bonds. The highest BCUT2D eigenvalue weighted by atomic mass is 15.2. The zero-order chi connectivity index (χ0) is 11.8. The normalized spacial score (nSPS) is 21.2. The van der Waals surface area contributed by atoms with Gasteiger partial charge in [0, 0.05) is 32.7 Å². The molecule has 0 aliphatic carbocycles. The highest BCUT2D eigenvalue weighted by Gasteiger charge is 2.16. The van der Waals surface area contributed by atoms with Gasteiger partial charge in [-0.1, -0.05) is 33.1 Å². The Morgan fingerprint density at radius 2 is 1.81 bits per heavy atom. The molecule has 1 fully saturated rings. The van der Waals surface area contributed by atoms with Crippen LogP contribution in [0.5, 0.6) is 0 Å². The summed E-state index contributed by atoms with van der Waals surface area (Å²) >= 11 is 0. The molecule has 0 aromatic heterocycles. The van der Waals surface area contributed by atoms with E-state index in [0.29, 0.717) is 0 Å². The van der Waals surface area contributed by atoms with Gasteiger partial charge in [0.1, 0.15) is 0 Å². The standard InChI is InChI=1S/C14H29N2/c1-4-6-7-8-14(5-2)13-16-11-9-15(3)10-12-16/h14H,2,4-13H2,1,3H3. The van der Waals surface area contributed by atoms with E-state index in [1.165, 1.54) is 58.4 Å². The zero-order valence-corrected chi connectivity index (χ0v) is 11.2. The Morgan fingerprint density at radius 3 is 2.38 bits per heavy atom. The Bertz CT molecular complexity index is 162. The zero-order valence-electron chi connectivity index (χ0n) is 11.2. The number of hydrogen-bond donors (Lipinski definition) is 0. The highest BCUT2D eigenvalue weighted by Crippen LogP contribution is 2.15. The Balaban J connectivity index is 2.16. The quantitative estimate of drug-likeness (QED) is 0.615. The van der Waals surface area contributed by atoms with Crippen molar-refractivity contribution >= 4 is 0 Å². The predicted octanol–water partition coefficient (Wildman–Crippen LogP) is 2.65. The SMILES string of the molecule is [CH2]CC(CCCCC)CN1CCN(C)CC1. The van der Waals surface area contributed by atoms with Gasteiger partial charge in [-0.25, -0.2) is 0 Å². The molecule has 1 atom stereocenters. The van der Waals surface area contributed by atoms with E-state index in [0.717, 1.165) is 12.3 Å². The fourth-order valence-corrected chi connectivity index (χ4v) is 2.41. The summed E-state index contributed by atoms with van der Waals surface area (Å²) in [5, 5.41) is 0. The minimum atomic E-state index is 0.829. The van der Waals surface area contributed by atoms with Gasteiger partial charge in [-0.3, -0.25) is 0 Å². The third kappa shape index (κ3) is 5.31. The molecule has 0 N–H and O–H groups in total. The lowest BCUT2D eigenvalue weighted by atomic mass is 9.98. The van der Waals surface area contributed by atoms with Crippen LogP contribution in [0.2, 0.25) is 0 Å². The summed E-state index contributed by atoms with van der Waals surface area (Å²) in [5.41, 5.74) is 0. The second-order valence-corrected chi connectivity index (χ2v) is 5.25. The first-order chi connectivity index (χ1) is 7.76. The summed E-state index contributed by atoms with van der Waals surface area (Å²) in [7, 11) is 2.22. The molecule has 2 nitrogen and oxygen atoms in total. The maximum Gasteiger partial charge on any atom is 0.0110 e. The smallest absolute Gasteiger partial charge is 0.0110 e. The van der Waals surface area contributed by atoms with Crippen molar-refractivity contribution in [2.45, 2.75) is 39.0 Å². The van der Waals surface area contributed by atoms with Crippen molar-refractivity contribution < 1.29 is 0 Å².